The Labute approximate surface area is 76.0 Å². The van der Waals surface area contributed by atoms with E-state index in [2.05, 4.69) is 27.7 Å². The molecule has 0 amide bonds. The molecule has 0 bridgehead atoms. The Morgan fingerprint density at radius 1 is 1.33 bits per heavy atom. The van der Waals surface area contributed by atoms with E-state index in [9.17, 15) is 0 Å². The van der Waals surface area contributed by atoms with Crippen molar-refractivity contribution in [3.8, 4) is 0 Å². The molecule has 0 saturated carbocycles. The van der Waals surface area contributed by atoms with Gasteiger partial charge in [-0.25, -0.2) is 0 Å². The molecule has 0 aromatic rings. The van der Waals surface area contributed by atoms with Gasteiger partial charge < -0.3 is 5.11 Å². The van der Waals surface area contributed by atoms with E-state index < -0.39 is 5.97 Å². The zero-order chi connectivity index (χ0) is 10.2. The molecule has 0 heterocycles. The van der Waals surface area contributed by atoms with E-state index in [1.165, 1.54) is 19.3 Å². The van der Waals surface area contributed by atoms with E-state index in [1.54, 1.807) is 0 Å². The molecule has 0 rings (SSSR count). The summed E-state index contributed by atoms with van der Waals surface area (Å²) in [4.78, 5) is 9.00. The van der Waals surface area contributed by atoms with Crippen molar-refractivity contribution in [2.24, 2.45) is 5.41 Å². The number of carboxylic acid groups (broad SMARTS) is 1. The van der Waals surface area contributed by atoms with Gasteiger partial charge >= 0.3 is 0 Å². The lowest BCUT2D eigenvalue weighted by Crippen LogP contribution is -2.03. The lowest BCUT2D eigenvalue weighted by atomic mass is 9.90. The first-order valence-corrected chi connectivity index (χ1v) is 4.49. The molecule has 0 saturated heterocycles. The summed E-state index contributed by atoms with van der Waals surface area (Å²) in [5, 5.41) is 7.42. The van der Waals surface area contributed by atoms with Crippen LogP contribution in [0.1, 0.15) is 53.9 Å². The van der Waals surface area contributed by atoms with Crippen molar-refractivity contribution >= 4 is 5.97 Å². The van der Waals surface area contributed by atoms with Crippen LogP contribution in [-0.4, -0.2) is 11.1 Å². The van der Waals surface area contributed by atoms with Crippen molar-refractivity contribution in [1.82, 2.24) is 0 Å². The minimum absolute atomic E-state index is 0.552. The van der Waals surface area contributed by atoms with Gasteiger partial charge in [-0.15, -0.1) is 0 Å². The zero-order valence-electron chi connectivity index (χ0n) is 8.98. The highest BCUT2D eigenvalue weighted by Gasteiger charge is 2.07. The summed E-state index contributed by atoms with van der Waals surface area (Å²) in [7, 11) is 0. The number of aliphatic carboxylic acids is 1. The highest BCUT2D eigenvalue weighted by Crippen LogP contribution is 2.20. The van der Waals surface area contributed by atoms with E-state index in [4.69, 9.17) is 9.90 Å². The number of carbonyl (C=O) groups is 1. The van der Waals surface area contributed by atoms with Crippen molar-refractivity contribution in [2.75, 3.05) is 0 Å². The average molecular weight is 174 g/mol. The molecule has 0 aliphatic heterocycles. The van der Waals surface area contributed by atoms with Gasteiger partial charge in [0.1, 0.15) is 0 Å². The normalized spacial score (nSPS) is 10.1. The van der Waals surface area contributed by atoms with Gasteiger partial charge in [0.2, 0.25) is 0 Å². The highest BCUT2D eigenvalue weighted by atomic mass is 16.4. The zero-order valence-corrected chi connectivity index (χ0v) is 8.98. The first kappa shape index (κ1) is 14.0. The molecule has 2 nitrogen and oxygen atoms in total. The molecule has 0 atom stereocenters. The van der Waals surface area contributed by atoms with Crippen molar-refractivity contribution in [3.63, 3.8) is 0 Å². The molecule has 12 heavy (non-hydrogen) atoms. The summed E-state index contributed by atoms with van der Waals surface area (Å²) in [6, 6.07) is 0. The fraction of sp³-hybridized carbons (Fsp3) is 0.900. The Kier molecular flexibility index (Phi) is 8.34. The van der Waals surface area contributed by atoms with Crippen LogP contribution in [0.5, 0.6) is 0 Å². The van der Waals surface area contributed by atoms with Gasteiger partial charge in [-0.05, 0) is 11.8 Å². The van der Waals surface area contributed by atoms with Crippen LogP contribution in [-0.2, 0) is 4.79 Å². The molecule has 2 heteroatoms. The number of rotatable bonds is 2. The second-order valence-electron chi connectivity index (χ2n) is 4.18. The van der Waals surface area contributed by atoms with E-state index in [0.29, 0.717) is 5.41 Å². The molecule has 0 unspecified atom stereocenters. The topological polar surface area (TPSA) is 37.3 Å². The van der Waals surface area contributed by atoms with Gasteiger partial charge in [-0.3, -0.25) is 4.79 Å². The Morgan fingerprint density at radius 2 is 1.67 bits per heavy atom. The van der Waals surface area contributed by atoms with Gasteiger partial charge in [0, 0.05) is 6.92 Å². The molecule has 1 N–H and O–H groups in total. The predicted octanol–water partition coefficient (Wildman–Crippen LogP) is 3.31. The van der Waals surface area contributed by atoms with Gasteiger partial charge in [0.05, 0.1) is 0 Å². The summed E-state index contributed by atoms with van der Waals surface area (Å²) >= 11 is 0. The molecule has 0 aliphatic carbocycles. The third-order valence-electron chi connectivity index (χ3n) is 1.28. The van der Waals surface area contributed by atoms with Crippen molar-refractivity contribution < 1.29 is 9.90 Å². The van der Waals surface area contributed by atoms with Crippen LogP contribution in [0.3, 0.4) is 0 Å². The van der Waals surface area contributed by atoms with E-state index in [0.717, 1.165) is 6.92 Å². The van der Waals surface area contributed by atoms with Crippen molar-refractivity contribution in [1.29, 1.82) is 0 Å². The van der Waals surface area contributed by atoms with Gasteiger partial charge in [-0.1, -0.05) is 40.5 Å². The van der Waals surface area contributed by atoms with Gasteiger partial charge in [0.15, 0.2) is 0 Å². The van der Waals surface area contributed by atoms with Crippen LogP contribution in [0.15, 0.2) is 0 Å². The average Bonchev–Trinajstić information content (AvgIpc) is 1.80. The van der Waals surface area contributed by atoms with E-state index >= 15 is 0 Å². The minimum atomic E-state index is -0.833. The monoisotopic (exact) mass is 174 g/mol. The van der Waals surface area contributed by atoms with Gasteiger partial charge in [-0.2, -0.15) is 0 Å². The van der Waals surface area contributed by atoms with Crippen LogP contribution in [0.25, 0.3) is 0 Å². The second kappa shape index (κ2) is 7.14. The Hall–Kier alpha value is -0.530. The summed E-state index contributed by atoms with van der Waals surface area (Å²) in [5.74, 6) is -0.833. The predicted molar refractivity (Wildman–Crippen MR) is 52.3 cm³/mol. The largest absolute Gasteiger partial charge is 0.481 e. The maximum Gasteiger partial charge on any atom is 0.300 e. The smallest absolute Gasteiger partial charge is 0.300 e. The summed E-state index contributed by atoms with van der Waals surface area (Å²) in [6.45, 7) is 10.2. The SMILES string of the molecule is CC(=O)O.CCCCC(C)(C)C. The molecule has 0 aromatic carbocycles. The molecule has 0 fully saturated rings. The lowest BCUT2D eigenvalue weighted by Gasteiger charge is -2.16. The van der Waals surface area contributed by atoms with Crippen LogP contribution in [0.4, 0.5) is 0 Å². The second-order valence-corrected chi connectivity index (χ2v) is 4.18. The summed E-state index contributed by atoms with van der Waals surface area (Å²) in [5.41, 5.74) is 0.552. The standard InChI is InChI=1S/C8H18.C2H4O2/c1-5-6-7-8(2,3)4;1-2(3)4/h5-7H2,1-4H3;1H3,(H,3,4). The third-order valence-corrected chi connectivity index (χ3v) is 1.28. The Balaban J connectivity index is 0. The van der Waals surface area contributed by atoms with E-state index in [-0.39, 0.29) is 0 Å². The molecular weight excluding hydrogens is 152 g/mol. The number of unbranched alkanes of at least 4 members (excludes halogenated alkanes) is 1. The Bertz CT molecular complexity index is 107. The van der Waals surface area contributed by atoms with Crippen molar-refractivity contribution in [3.05, 3.63) is 0 Å². The maximum atomic E-state index is 9.00. The number of carboxylic acids is 1. The Morgan fingerprint density at radius 3 is 1.75 bits per heavy atom. The summed E-state index contributed by atoms with van der Waals surface area (Å²) in [6.07, 6.45) is 4.07. The van der Waals surface area contributed by atoms with Crippen LogP contribution >= 0.6 is 0 Å². The number of hydrogen-bond acceptors (Lipinski definition) is 1. The van der Waals surface area contributed by atoms with Crippen LogP contribution in [0.2, 0.25) is 0 Å². The van der Waals surface area contributed by atoms with Gasteiger partial charge in [0.25, 0.3) is 5.97 Å². The number of hydrogen-bond donors (Lipinski definition) is 1. The minimum Gasteiger partial charge on any atom is -0.481 e. The van der Waals surface area contributed by atoms with E-state index in [1.807, 2.05) is 0 Å². The van der Waals surface area contributed by atoms with Crippen LogP contribution in [0, 0.1) is 5.41 Å². The highest BCUT2D eigenvalue weighted by molar-refractivity contribution is 5.62. The van der Waals surface area contributed by atoms with Crippen LogP contribution < -0.4 is 0 Å². The molecular formula is C10H22O2. The molecule has 0 radical (unpaired) electrons. The first-order valence-electron chi connectivity index (χ1n) is 4.49. The molecule has 0 spiro atoms. The summed E-state index contributed by atoms with van der Waals surface area (Å²) < 4.78 is 0. The molecule has 74 valence electrons. The van der Waals surface area contributed by atoms with Crippen molar-refractivity contribution in [2.45, 2.75) is 53.9 Å². The fourth-order valence-electron chi connectivity index (χ4n) is 0.707. The lowest BCUT2D eigenvalue weighted by molar-refractivity contribution is -0.134. The molecule has 0 aromatic heterocycles. The maximum absolute atomic E-state index is 9.00. The fourth-order valence-corrected chi connectivity index (χ4v) is 0.707. The first-order chi connectivity index (χ1) is 5.29. The third kappa shape index (κ3) is 34.0. The molecule has 0 aliphatic rings. The quantitative estimate of drug-likeness (QED) is 0.697.